The number of carbonyl (C=O) groups is 1. The van der Waals surface area contributed by atoms with Crippen LogP contribution in [-0.2, 0) is 0 Å². The van der Waals surface area contributed by atoms with Crippen LogP contribution in [0.2, 0.25) is 0 Å². The molecule has 3 heteroatoms. The summed E-state index contributed by atoms with van der Waals surface area (Å²) in [4.78, 5) is 12.5. The van der Waals surface area contributed by atoms with Gasteiger partial charge in [0.15, 0.2) is 0 Å². The minimum atomic E-state index is 0.0390. The van der Waals surface area contributed by atoms with Crippen molar-refractivity contribution in [2.24, 2.45) is 0 Å². The Morgan fingerprint density at radius 2 is 1.64 bits per heavy atom. The van der Waals surface area contributed by atoms with Gasteiger partial charge in [-0.05, 0) is 29.7 Å². The van der Waals surface area contributed by atoms with Gasteiger partial charge in [-0.2, -0.15) is 0 Å². The van der Waals surface area contributed by atoms with Crippen LogP contribution in [0, 0.1) is 0 Å². The Balaban J connectivity index is 1.68. The van der Waals surface area contributed by atoms with E-state index in [1.54, 1.807) is 5.01 Å². The molecule has 2 aromatic carbocycles. The number of hydrazine groups is 1. The molecule has 112 valence electrons. The summed E-state index contributed by atoms with van der Waals surface area (Å²) < 4.78 is 0. The molecular weight excluding hydrogens is 272 g/mol. The van der Waals surface area contributed by atoms with Crippen molar-refractivity contribution in [3.8, 4) is 0 Å². The van der Waals surface area contributed by atoms with E-state index in [9.17, 15) is 4.79 Å². The number of rotatable bonds is 3. The fourth-order valence-corrected chi connectivity index (χ4v) is 2.74. The molecule has 1 aliphatic rings. The largest absolute Gasteiger partial charge is 0.274 e. The second-order valence-electron chi connectivity index (χ2n) is 5.45. The van der Waals surface area contributed by atoms with E-state index in [0.29, 0.717) is 0 Å². The highest BCUT2D eigenvalue weighted by Gasteiger charge is 2.21. The molecule has 0 aliphatic carbocycles. The van der Waals surface area contributed by atoms with E-state index in [1.165, 1.54) is 11.1 Å². The smallest absolute Gasteiger partial charge is 0.267 e. The SMILES string of the molecule is CN(C(=O)c1ccccc1)N1CC=C(c2ccccc2)CC1. The van der Waals surface area contributed by atoms with Crippen molar-refractivity contribution < 1.29 is 4.79 Å². The number of benzene rings is 2. The van der Waals surface area contributed by atoms with E-state index in [-0.39, 0.29) is 5.91 Å². The fourth-order valence-electron chi connectivity index (χ4n) is 2.74. The fraction of sp³-hybridized carbons (Fsp3) is 0.211. The minimum absolute atomic E-state index is 0.0390. The summed E-state index contributed by atoms with van der Waals surface area (Å²) in [6.07, 6.45) is 3.17. The Bertz CT molecular complexity index is 664. The molecule has 3 rings (SSSR count). The lowest BCUT2D eigenvalue weighted by molar-refractivity contribution is 0.0121. The van der Waals surface area contributed by atoms with Crippen molar-refractivity contribution >= 4 is 11.5 Å². The normalized spacial score (nSPS) is 15.2. The van der Waals surface area contributed by atoms with Crippen LogP contribution < -0.4 is 0 Å². The third-order valence-corrected chi connectivity index (χ3v) is 4.07. The summed E-state index contributed by atoms with van der Waals surface area (Å²) >= 11 is 0. The van der Waals surface area contributed by atoms with E-state index in [1.807, 2.05) is 43.4 Å². The highest BCUT2D eigenvalue weighted by Crippen LogP contribution is 2.22. The number of nitrogens with zero attached hydrogens (tertiary/aromatic N) is 2. The van der Waals surface area contributed by atoms with Crippen LogP contribution in [0.5, 0.6) is 0 Å². The molecule has 1 aliphatic heterocycles. The topological polar surface area (TPSA) is 23.6 Å². The van der Waals surface area contributed by atoms with E-state index in [2.05, 4.69) is 35.4 Å². The molecule has 0 N–H and O–H groups in total. The van der Waals surface area contributed by atoms with Crippen LogP contribution in [0.3, 0.4) is 0 Å². The lowest BCUT2D eigenvalue weighted by atomic mass is 10.0. The molecule has 0 bridgehead atoms. The Labute approximate surface area is 131 Å². The third-order valence-electron chi connectivity index (χ3n) is 4.07. The average molecular weight is 292 g/mol. The molecule has 0 radical (unpaired) electrons. The lowest BCUT2D eigenvalue weighted by Gasteiger charge is -2.34. The van der Waals surface area contributed by atoms with Crippen LogP contribution in [0.1, 0.15) is 22.3 Å². The first kappa shape index (κ1) is 14.5. The minimum Gasteiger partial charge on any atom is -0.274 e. The zero-order chi connectivity index (χ0) is 15.4. The zero-order valence-electron chi connectivity index (χ0n) is 12.8. The van der Waals surface area contributed by atoms with Crippen molar-refractivity contribution in [1.82, 2.24) is 10.0 Å². The van der Waals surface area contributed by atoms with Crippen LogP contribution in [0.25, 0.3) is 5.57 Å². The lowest BCUT2D eigenvalue weighted by Crippen LogP contribution is -2.45. The molecule has 0 unspecified atom stereocenters. The van der Waals surface area contributed by atoms with Gasteiger partial charge in [-0.15, -0.1) is 0 Å². The summed E-state index contributed by atoms with van der Waals surface area (Å²) in [5, 5.41) is 3.81. The number of hydrogen-bond acceptors (Lipinski definition) is 2. The van der Waals surface area contributed by atoms with Gasteiger partial charge in [-0.3, -0.25) is 9.80 Å². The first-order valence-electron chi connectivity index (χ1n) is 7.58. The molecule has 0 spiro atoms. The predicted molar refractivity (Wildman–Crippen MR) is 89.1 cm³/mol. The average Bonchev–Trinajstić information content (AvgIpc) is 2.62. The summed E-state index contributed by atoms with van der Waals surface area (Å²) in [6.45, 7) is 1.62. The van der Waals surface area contributed by atoms with E-state index in [4.69, 9.17) is 0 Å². The Kier molecular flexibility index (Phi) is 4.35. The Morgan fingerprint density at radius 3 is 2.23 bits per heavy atom. The maximum Gasteiger partial charge on any atom is 0.267 e. The summed E-state index contributed by atoms with van der Waals surface area (Å²) in [5.41, 5.74) is 3.36. The van der Waals surface area contributed by atoms with Crippen molar-refractivity contribution in [2.45, 2.75) is 6.42 Å². The van der Waals surface area contributed by atoms with Gasteiger partial charge < -0.3 is 0 Å². The Hall–Kier alpha value is -2.39. The third kappa shape index (κ3) is 3.10. The molecule has 22 heavy (non-hydrogen) atoms. The molecule has 1 amide bonds. The van der Waals surface area contributed by atoms with Crippen LogP contribution in [-0.4, -0.2) is 36.1 Å². The molecule has 0 fully saturated rings. The zero-order valence-corrected chi connectivity index (χ0v) is 12.8. The first-order valence-corrected chi connectivity index (χ1v) is 7.58. The Morgan fingerprint density at radius 1 is 1.00 bits per heavy atom. The van der Waals surface area contributed by atoms with Crippen LogP contribution in [0.4, 0.5) is 0 Å². The number of hydrogen-bond donors (Lipinski definition) is 0. The quantitative estimate of drug-likeness (QED) is 0.865. The molecule has 3 nitrogen and oxygen atoms in total. The highest BCUT2D eigenvalue weighted by atomic mass is 16.2. The molecule has 0 atom stereocenters. The maximum absolute atomic E-state index is 12.5. The molecule has 0 saturated carbocycles. The van der Waals surface area contributed by atoms with Crippen LogP contribution >= 0.6 is 0 Å². The maximum atomic E-state index is 12.5. The van der Waals surface area contributed by atoms with Gasteiger partial charge in [0.1, 0.15) is 0 Å². The number of carbonyl (C=O) groups excluding carboxylic acids is 1. The van der Waals surface area contributed by atoms with Crippen molar-refractivity contribution in [1.29, 1.82) is 0 Å². The molecule has 0 saturated heterocycles. The number of amides is 1. The first-order chi connectivity index (χ1) is 10.8. The van der Waals surface area contributed by atoms with Crippen molar-refractivity contribution in [2.75, 3.05) is 20.1 Å². The van der Waals surface area contributed by atoms with Gasteiger partial charge in [-0.25, -0.2) is 5.01 Å². The predicted octanol–water partition coefficient (Wildman–Crippen LogP) is 3.46. The van der Waals surface area contributed by atoms with Gasteiger partial charge in [0.05, 0.1) is 0 Å². The summed E-state index contributed by atoms with van der Waals surface area (Å²) in [5.74, 6) is 0.0390. The van der Waals surface area contributed by atoms with Gasteiger partial charge in [0, 0.05) is 25.7 Å². The van der Waals surface area contributed by atoms with Gasteiger partial charge >= 0.3 is 0 Å². The van der Waals surface area contributed by atoms with Gasteiger partial charge in [-0.1, -0.05) is 54.6 Å². The van der Waals surface area contributed by atoms with E-state index < -0.39 is 0 Å². The van der Waals surface area contributed by atoms with E-state index in [0.717, 1.165) is 25.1 Å². The monoisotopic (exact) mass is 292 g/mol. The van der Waals surface area contributed by atoms with Crippen molar-refractivity contribution in [3.63, 3.8) is 0 Å². The van der Waals surface area contributed by atoms with Gasteiger partial charge in [0.25, 0.3) is 5.91 Å². The summed E-state index contributed by atoms with van der Waals surface area (Å²) in [7, 11) is 1.84. The van der Waals surface area contributed by atoms with Gasteiger partial charge in [0.2, 0.25) is 0 Å². The van der Waals surface area contributed by atoms with Crippen LogP contribution in [0.15, 0.2) is 66.7 Å². The van der Waals surface area contributed by atoms with Crippen molar-refractivity contribution in [3.05, 3.63) is 77.9 Å². The highest BCUT2D eigenvalue weighted by molar-refractivity contribution is 5.93. The van der Waals surface area contributed by atoms with E-state index >= 15 is 0 Å². The second kappa shape index (κ2) is 6.58. The molecular formula is C19H20N2O. The molecule has 1 heterocycles. The molecule has 0 aromatic heterocycles. The summed E-state index contributed by atoms with van der Waals surface area (Å²) in [6, 6.07) is 19.9. The standard InChI is InChI=1S/C19H20N2O/c1-20(19(22)18-10-6-3-7-11-18)21-14-12-17(13-15-21)16-8-4-2-5-9-16/h2-12H,13-15H2,1H3. The molecule has 2 aromatic rings. The second-order valence-corrected chi connectivity index (χ2v) is 5.45.